The minimum atomic E-state index is -0.291. The maximum Gasteiger partial charge on any atom is 0.117 e. The van der Waals surface area contributed by atoms with E-state index in [-0.39, 0.29) is 6.10 Å². The highest BCUT2D eigenvalue weighted by molar-refractivity contribution is 9.09. The van der Waals surface area contributed by atoms with Crippen LogP contribution < -0.4 is 0 Å². The van der Waals surface area contributed by atoms with Gasteiger partial charge in [0.25, 0.3) is 0 Å². The Morgan fingerprint density at radius 3 is 2.93 bits per heavy atom. The van der Waals surface area contributed by atoms with E-state index in [1.165, 1.54) is 12.8 Å². The lowest BCUT2D eigenvalue weighted by molar-refractivity contribution is 0.116. The first-order chi connectivity index (χ1) is 7.29. The van der Waals surface area contributed by atoms with Gasteiger partial charge in [0.05, 0.1) is 18.9 Å². The Morgan fingerprint density at radius 2 is 2.40 bits per heavy atom. The average molecular weight is 274 g/mol. The molecule has 1 aromatic rings. The predicted molar refractivity (Wildman–Crippen MR) is 61.9 cm³/mol. The second kappa shape index (κ2) is 5.14. The molecule has 4 heteroatoms. The Bertz CT molecular complexity index is 285. The van der Waals surface area contributed by atoms with E-state index < -0.39 is 0 Å². The van der Waals surface area contributed by atoms with Gasteiger partial charge in [0.15, 0.2) is 0 Å². The average Bonchev–Trinajstić information content (AvgIpc) is 2.97. The van der Waals surface area contributed by atoms with Crippen molar-refractivity contribution in [2.75, 3.05) is 11.9 Å². The quantitative estimate of drug-likeness (QED) is 0.806. The number of hydrogen-bond donors (Lipinski definition) is 1. The number of alkyl halides is 1. The third-order valence-corrected chi connectivity index (χ3v) is 3.37. The van der Waals surface area contributed by atoms with Gasteiger partial charge in [0, 0.05) is 17.9 Å². The molecule has 1 aliphatic carbocycles. The van der Waals surface area contributed by atoms with Crippen molar-refractivity contribution in [3.8, 4) is 0 Å². The van der Waals surface area contributed by atoms with Crippen LogP contribution in [0.1, 0.15) is 18.6 Å². The maximum absolute atomic E-state index is 9.61. The first-order valence-electron chi connectivity index (χ1n) is 5.30. The molecule has 2 rings (SSSR count). The summed E-state index contributed by atoms with van der Waals surface area (Å²) in [5, 5.41) is 10.2. The molecule has 0 saturated heterocycles. The highest BCUT2D eigenvalue weighted by Gasteiger charge is 2.30. The van der Waals surface area contributed by atoms with E-state index >= 15 is 0 Å². The summed E-state index contributed by atoms with van der Waals surface area (Å²) in [4.78, 5) is 2.30. The second-order valence-corrected chi connectivity index (χ2v) is 4.70. The zero-order chi connectivity index (χ0) is 10.7. The smallest absolute Gasteiger partial charge is 0.117 e. The molecule has 84 valence electrons. The number of aliphatic hydroxyl groups is 1. The molecule has 0 radical (unpaired) electrons. The van der Waals surface area contributed by atoms with Gasteiger partial charge in [0.1, 0.15) is 5.76 Å². The van der Waals surface area contributed by atoms with E-state index in [0.29, 0.717) is 11.4 Å². The van der Waals surface area contributed by atoms with Gasteiger partial charge in [-0.15, -0.1) is 0 Å². The molecule has 1 saturated carbocycles. The van der Waals surface area contributed by atoms with Crippen molar-refractivity contribution in [2.45, 2.75) is 31.5 Å². The largest absolute Gasteiger partial charge is 0.468 e. The van der Waals surface area contributed by atoms with Gasteiger partial charge >= 0.3 is 0 Å². The Kier molecular flexibility index (Phi) is 3.83. The monoisotopic (exact) mass is 273 g/mol. The van der Waals surface area contributed by atoms with Crippen molar-refractivity contribution in [1.82, 2.24) is 4.90 Å². The summed E-state index contributed by atoms with van der Waals surface area (Å²) in [6.45, 7) is 1.53. The van der Waals surface area contributed by atoms with E-state index in [1.807, 2.05) is 12.1 Å². The lowest BCUT2D eigenvalue weighted by Crippen LogP contribution is -2.34. The fraction of sp³-hybridized carbons (Fsp3) is 0.636. The molecule has 0 spiro atoms. The zero-order valence-electron chi connectivity index (χ0n) is 8.60. The van der Waals surface area contributed by atoms with Gasteiger partial charge in [-0.2, -0.15) is 0 Å². The molecule has 1 aliphatic rings. The van der Waals surface area contributed by atoms with Crippen LogP contribution in [-0.4, -0.2) is 34.0 Å². The summed E-state index contributed by atoms with van der Waals surface area (Å²) in [7, 11) is 0. The Morgan fingerprint density at radius 1 is 1.60 bits per heavy atom. The van der Waals surface area contributed by atoms with Crippen LogP contribution in [-0.2, 0) is 6.54 Å². The van der Waals surface area contributed by atoms with Crippen LogP contribution in [0.3, 0.4) is 0 Å². The first kappa shape index (κ1) is 11.2. The van der Waals surface area contributed by atoms with Gasteiger partial charge < -0.3 is 9.52 Å². The van der Waals surface area contributed by atoms with E-state index in [0.717, 1.165) is 18.8 Å². The third-order valence-electron chi connectivity index (χ3n) is 2.63. The molecular weight excluding hydrogens is 258 g/mol. The molecule has 0 bridgehead atoms. The van der Waals surface area contributed by atoms with Crippen LogP contribution in [0.15, 0.2) is 22.8 Å². The minimum Gasteiger partial charge on any atom is -0.468 e. The van der Waals surface area contributed by atoms with Gasteiger partial charge in [0.2, 0.25) is 0 Å². The lowest BCUT2D eigenvalue weighted by atomic mass is 10.3. The fourth-order valence-electron chi connectivity index (χ4n) is 1.70. The van der Waals surface area contributed by atoms with Crippen LogP contribution in [0.25, 0.3) is 0 Å². The SMILES string of the molecule is OC(CBr)CN(Cc1ccco1)C1CC1. The lowest BCUT2D eigenvalue weighted by Gasteiger charge is -2.22. The van der Waals surface area contributed by atoms with E-state index in [1.54, 1.807) is 6.26 Å². The number of rotatable bonds is 6. The molecule has 0 aliphatic heterocycles. The summed E-state index contributed by atoms with van der Waals surface area (Å²) >= 11 is 3.29. The summed E-state index contributed by atoms with van der Waals surface area (Å²) < 4.78 is 5.32. The van der Waals surface area contributed by atoms with Crippen molar-refractivity contribution in [2.24, 2.45) is 0 Å². The molecule has 15 heavy (non-hydrogen) atoms. The summed E-state index contributed by atoms with van der Waals surface area (Å²) in [6.07, 6.45) is 3.90. The van der Waals surface area contributed by atoms with Crippen LogP contribution in [0, 0.1) is 0 Å². The van der Waals surface area contributed by atoms with Gasteiger partial charge in [-0.05, 0) is 25.0 Å². The topological polar surface area (TPSA) is 36.6 Å². The molecular formula is C11H16BrNO2. The summed E-state index contributed by atoms with van der Waals surface area (Å²) in [5.74, 6) is 0.976. The maximum atomic E-state index is 9.61. The van der Waals surface area contributed by atoms with Crippen LogP contribution >= 0.6 is 15.9 Å². The van der Waals surface area contributed by atoms with E-state index in [9.17, 15) is 5.11 Å². The Labute approximate surface area is 98.2 Å². The van der Waals surface area contributed by atoms with Crippen molar-refractivity contribution in [1.29, 1.82) is 0 Å². The van der Waals surface area contributed by atoms with Crippen LogP contribution in [0.4, 0.5) is 0 Å². The second-order valence-electron chi connectivity index (χ2n) is 4.05. The van der Waals surface area contributed by atoms with Crippen molar-refractivity contribution < 1.29 is 9.52 Å². The number of halogens is 1. The van der Waals surface area contributed by atoms with Gasteiger partial charge in [-0.1, -0.05) is 15.9 Å². The molecule has 0 aromatic carbocycles. The van der Waals surface area contributed by atoms with Crippen LogP contribution in [0.2, 0.25) is 0 Å². The fourth-order valence-corrected chi connectivity index (χ4v) is 1.91. The molecule has 1 atom stereocenters. The molecule has 1 unspecified atom stereocenters. The zero-order valence-corrected chi connectivity index (χ0v) is 10.2. The number of aliphatic hydroxyl groups excluding tert-OH is 1. The molecule has 1 aromatic heterocycles. The molecule has 3 nitrogen and oxygen atoms in total. The van der Waals surface area contributed by atoms with Crippen LogP contribution in [0.5, 0.6) is 0 Å². The summed E-state index contributed by atoms with van der Waals surface area (Å²) in [6, 6.07) is 4.53. The van der Waals surface area contributed by atoms with Crippen molar-refractivity contribution in [3.63, 3.8) is 0 Å². The molecule has 1 heterocycles. The first-order valence-corrected chi connectivity index (χ1v) is 6.42. The number of furan rings is 1. The highest BCUT2D eigenvalue weighted by Crippen LogP contribution is 2.28. The molecule has 0 amide bonds. The third kappa shape index (κ3) is 3.33. The Balaban J connectivity index is 1.88. The normalized spacial score (nSPS) is 18.3. The number of hydrogen-bond acceptors (Lipinski definition) is 3. The summed E-state index contributed by atoms with van der Waals surface area (Å²) in [5.41, 5.74) is 0. The number of nitrogens with zero attached hydrogens (tertiary/aromatic N) is 1. The minimum absolute atomic E-state index is 0.291. The van der Waals surface area contributed by atoms with E-state index in [2.05, 4.69) is 20.8 Å². The van der Waals surface area contributed by atoms with Crippen molar-refractivity contribution in [3.05, 3.63) is 24.2 Å². The van der Waals surface area contributed by atoms with Crippen molar-refractivity contribution >= 4 is 15.9 Å². The van der Waals surface area contributed by atoms with Gasteiger partial charge in [-0.3, -0.25) is 4.90 Å². The highest BCUT2D eigenvalue weighted by atomic mass is 79.9. The molecule has 1 fully saturated rings. The van der Waals surface area contributed by atoms with E-state index in [4.69, 9.17) is 4.42 Å². The molecule has 1 N–H and O–H groups in total. The predicted octanol–water partition coefficient (Wildman–Crippen LogP) is 2.00. The standard InChI is InChI=1S/C11H16BrNO2/c12-6-10(14)7-13(9-3-4-9)8-11-2-1-5-15-11/h1-2,5,9-10,14H,3-4,6-8H2. The van der Waals surface area contributed by atoms with Gasteiger partial charge in [-0.25, -0.2) is 0 Å². The Hall–Kier alpha value is -0.320.